The van der Waals surface area contributed by atoms with E-state index in [0.29, 0.717) is 12.0 Å². The Bertz CT molecular complexity index is 391. The van der Waals surface area contributed by atoms with Crippen molar-refractivity contribution in [3.63, 3.8) is 0 Å². The fourth-order valence-electron chi connectivity index (χ4n) is 1.84. The highest BCUT2D eigenvalue weighted by molar-refractivity contribution is 6.09. The molecule has 0 heterocycles. The molecule has 0 unspecified atom stereocenters. The highest BCUT2D eigenvalue weighted by Gasteiger charge is 2.19. The maximum absolute atomic E-state index is 11.8. The first kappa shape index (κ1) is 9.00. The summed E-state index contributed by atoms with van der Waals surface area (Å²) in [5.41, 5.74) is 2.36. The molecule has 0 bridgehead atoms. The molecule has 0 aromatic heterocycles. The second-order valence-electron chi connectivity index (χ2n) is 3.49. The maximum atomic E-state index is 11.8. The number of aliphatic hydroxyl groups is 1. The van der Waals surface area contributed by atoms with Crippen molar-refractivity contribution in [2.24, 2.45) is 0 Å². The van der Waals surface area contributed by atoms with Crippen molar-refractivity contribution in [3.8, 4) is 0 Å². The predicted octanol–water partition coefficient (Wildman–Crippen LogP) is 2.65. The summed E-state index contributed by atoms with van der Waals surface area (Å²) in [4.78, 5) is 11.8. The average molecular weight is 188 g/mol. The van der Waals surface area contributed by atoms with Crippen LogP contribution >= 0.6 is 0 Å². The Kier molecular flexibility index (Phi) is 2.35. The van der Waals surface area contributed by atoms with Gasteiger partial charge >= 0.3 is 0 Å². The number of fused-ring (bicyclic) bond motifs is 1. The summed E-state index contributed by atoms with van der Waals surface area (Å²) in [5, 5.41) is 8.93. The van der Waals surface area contributed by atoms with Gasteiger partial charge in [-0.1, -0.05) is 24.3 Å². The molecule has 0 saturated carbocycles. The molecule has 1 aromatic rings. The van der Waals surface area contributed by atoms with Crippen LogP contribution in [0.2, 0.25) is 0 Å². The smallest absolute Gasteiger partial charge is 0.192 e. The molecular weight excluding hydrogens is 176 g/mol. The largest absolute Gasteiger partial charge is 0.515 e. The quantitative estimate of drug-likeness (QED) is 0.386. The molecule has 14 heavy (non-hydrogen) atoms. The zero-order valence-corrected chi connectivity index (χ0v) is 7.86. The van der Waals surface area contributed by atoms with Crippen molar-refractivity contribution in [1.29, 1.82) is 0 Å². The summed E-state index contributed by atoms with van der Waals surface area (Å²) < 4.78 is 0. The Morgan fingerprint density at radius 1 is 1.21 bits per heavy atom. The monoisotopic (exact) mass is 188 g/mol. The van der Waals surface area contributed by atoms with E-state index in [-0.39, 0.29) is 5.78 Å². The number of aliphatic hydroxyl groups excluding tert-OH is 1. The second-order valence-corrected chi connectivity index (χ2v) is 3.49. The Labute approximate surface area is 82.9 Å². The van der Waals surface area contributed by atoms with Crippen LogP contribution in [0, 0.1) is 0 Å². The third-order valence-electron chi connectivity index (χ3n) is 2.60. The van der Waals surface area contributed by atoms with E-state index in [1.54, 1.807) is 0 Å². The Balaban J connectivity index is 2.50. The van der Waals surface area contributed by atoms with Gasteiger partial charge in [0, 0.05) is 11.1 Å². The van der Waals surface area contributed by atoms with Crippen molar-refractivity contribution in [1.82, 2.24) is 0 Å². The van der Waals surface area contributed by atoms with E-state index in [4.69, 9.17) is 5.11 Å². The van der Waals surface area contributed by atoms with Gasteiger partial charge in [-0.15, -0.1) is 0 Å². The maximum Gasteiger partial charge on any atom is 0.192 e. The number of hydrogen-bond donors (Lipinski definition) is 1. The minimum Gasteiger partial charge on any atom is -0.515 e. The fourth-order valence-corrected chi connectivity index (χ4v) is 1.84. The standard InChI is InChI=1S/C12H12O2/c13-8-10-6-3-5-9-4-1-2-7-11(9)12(10)14/h1-2,4,7-8,13H,3,5-6H2/b10-8-. The number of rotatable bonds is 0. The molecule has 0 fully saturated rings. The zero-order chi connectivity index (χ0) is 9.97. The summed E-state index contributed by atoms with van der Waals surface area (Å²) in [5.74, 6) is -0.0272. The highest BCUT2D eigenvalue weighted by Crippen LogP contribution is 2.23. The Hall–Kier alpha value is -1.57. The van der Waals surface area contributed by atoms with Crippen LogP contribution < -0.4 is 0 Å². The van der Waals surface area contributed by atoms with E-state index in [1.807, 2.05) is 24.3 Å². The van der Waals surface area contributed by atoms with Crippen molar-refractivity contribution < 1.29 is 9.90 Å². The third kappa shape index (κ3) is 1.43. The molecule has 0 radical (unpaired) electrons. The molecule has 1 aromatic carbocycles. The summed E-state index contributed by atoms with van der Waals surface area (Å²) in [6.45, 7) is 0. The summed E-state index contributed by atoms with van der Waals surface area (Å²) >= 11 is 0. The van der Waals surface area contributed by atoms with Crippen LogP contribution in [0.1, 0.15) is 28.8 Å². The Morgan fingerprint density at radius 3 is 2.79 bits per heavy atom. The van der Waals surface area contributed by atoms with E-state index in [9.17, 15) is 4.79 Å². The van der Waals surface area contributed by atoms with E-state index < -0.39 is 0 Å². The topological polar surface area (TPSA) is 37.3 Å². The SMILES string of the molecule is O=C1/C(=C\O)CCCc2ccccc21. The minimum absolute atomic E-state index is 0.0272. The minimum atomic E-state index is -0.0272. The molecule has 0 aliphatic heterocycles. The Morgan fingerprint density at radius 2 is 2.00 bits per heavy atom. The molecule has 0 amide bonds. The van der Waals surface area contributed by atoms with E-state index in [0.717, 1.165) is 30.2 Å². The van der Waals surface area contributed by atoms with Crippen LogP contribution in [-0.4, -0.2) is 10.9 Å². The lowest BCUT2D eigenvalue weighted by Gasteiger charge is -2.02. The fraction of sp³-hybridized carbons (Fsp3) is 0.250. The molecule has 2 nitrogen and oxygen atoms in total. The molecule has 1 N–H and O–H groups in total. The van der Waals surface area contributed by atoms with Crippen molar-refractivity contribution >= 4 is 5.78 Å². The van der Waals surface area contributed by atoms with E-state index in [1.165, 1.54) is 0 Å². The normalized spacial score (nSPS) is 19.1. The van der Waals surface area contributed by atoms with E-state index in [2.05, 4.69) is 0 Å². The first-order valence-electron chi connectivity index (χ1n) is 4.79. The first-order valence-corrected chi connectivity index (χ1v) is 4.79. The van der Waals surface area contributed by atoms with Gasteiger partial charge in [-0.05, 0) is 24.8 Å². The van der Waals surface area contributed by atoms with Gasteiger partial charge in [0.05, 0.1) is 6.26 Å². The average Bonchev–Trinajstić information content (AvgIpc) is 2.39. The van der Waals surface area contributed by atoms with Gasteiger partial charge in [-0.3, -0.25) is 4.79 Å². The highest BCUT2D eigenvalue weighted by atomic mass is 16.2. The summed E-state index contributed by atoms with van der Waals surface area (Å²) in [7, 11) is 0. The van der Waals surface area contributed by atoms with Crippen LogP contribution in [0.4, 0.5) is 0 Å². The van der Waals surface area contributed by atoms with Crippen LogP contribution in [0.25, 0.3) is 0 Å². The molecular formula is C12H12O2. The van der Waals surface area contributed by atoms with Crippen molar-refractivity contribution in [3.05, 3.63) is 47.2 Å². The molecule has 1 aliphatic rings. The molecule has 0 saturated heterocycles. The molecule has 2 heteroatoms. The number of carbonyl (C=O) groups is 1. The predicted molar refractivity (Wildman–Crippen MR) is 54.4 cm³/mol. The molecule has 0 spiro atoms. The lowest BCUT2D eigenvalue weighted by molar-refractivity contribution is 0.102. The van der Waals surface area contributed by atoms with Crippen molar-refractivity contribution in [2.45, 2.75) is 19.3 Å². The lowest BCUT2D eigenvalue weighted by Crippen LogP contribution is -2.03. The van der Waals surface area contributed by atoms with E-state index >= 15 is 0 Å². The zero-order valence-electron chi connectivity index (χ0n) is 7.86. The number of allylic oxidation sites excluding steroid dienone is 1. The third-order valence-corrected chi connectivity index (χ3v) is 2.60. The van der Waals surface area contributed by atoms with Gasteiger partial charge in [0.25, 0.3) is 0 Å². The van der Waals surface area contributed by atoms with Crippen LogP contribution in [0.5, 0.6) is 0 Å². The van der Waals surface area contributed by atoms with Gasteiger partial charge in [0.15, 0.2) is 5.78 Å². The summed E-state index contributed by atoms with van der Waals surface area (Å²) in [6.07, 6.45) is 3.46. The number of hydrogen-bond acceptors (Lipinski definition) is 2. The van der Waals surface area contributed by atoms with Gasteiger partial charge < -0.3 is 5.11 Å². The number of carbonyl (C=O) groups excluding carboxylic acids is 1. The van der Waals surface area contributed by atoms with Crippen LogP contribution in [0.3, 0.4) is 0 Å². The summed E-state index contributed by atoms with van der Waals surface area (Å²) in [6, 6.07) is 7.61. The first-order chi connectivity index (χ1) is 6.83. The molecule has 1 aliphatic carbocycles. The van der Waals surface area contributed by atoms with Crippen LogP contribution in [0.15, 0.2) is 36.1 Å². The number of aryl methyl sites for hydroxylation is 1. The van der Waals surface area contributed by atoms with Gasteiger partial charge in [-0.2, -0.15) is 0 Å². The molecule has 0 atom stereocenters. The number of benzene rings is 1. The van der Waals surface area contributed by atoms with Gasteiger partial charge in [-0.25, -0.2) is 0 Å². The van der Waals surface area contributed by atoms with Crippen LogP contribution in [-0.2, 0) is 6.42 Å². The number of Topliss-reactive ketones (excluding diaryl/α,β-unsaturated/α-hetero) is 1. The molecule has 72 valence electrons. The van der Waals surface area contributed by atoms with Gasteiger partial charge in [0.2, 0.25) is 0 Å². The van der Waals surface area contributed by atoms with Gasteiger partial charge in [0.1, 0.15) is 0 Å². The van der Waals surface area contributed by atoms with Crippen molar-refractivity contribution in [2.75, 3.05) is 0 Å². The number of ketones is 1. The second kappa shape index (κ2) is 3.66. The molecule has 2 rings (SSSR count). The lowest BCUT2D eigenvalue weighted by atomic mass is 10.0.